The molecule has 0 spiro atoms. The molecule has 4 aromatic rings. The van der Waals surface area contributed by atoms with Crippen molar-refractivity contribution < 1.29 is 4.79 Å². The summed E-state index contributed by atoms with van der Waals surface area (Å²) in [6, 6.07) is 6.35. The average molecular weight is 390 g/mol. The maximum absolute atomic E-state index is 12.0. The number of anilines is 1. The van der Waals surface area contributed by atoms with Gasteiger partial charge >= 0.3 is 0 Å². The molecule has 4 rings (SSSR count). The molecule has 0 unspecified atom stereocenters. The number of primary amides is 1. The number of carbonyl (C=O) groups excluding carboxylic acids is 1. The molecule has 3 heterocycles. The maximum Gasteiger partial charge on any atom is 0.252 e. The van der Waals surface area contributed by atoms with Gasteiger partial charge in [0, 0.05) is 41.9 Å². The van der Waals surface area contributed by atoms with E-state index < -0.39 is 5.91 Å². The monoisotopic (exact) mass is 390 g/mol. The molecule has 7 nitrogen and oxygen atoms in total. The summed E-state index contributed by atoms with van der Waals surface area (Å²) in [5, 5.41) is 9.64. The number of nitrogens with two attached hydrogens (primary N) is 1. The first kappa shape index (κ1) is 19.0. The highest BCUT2D eigenvalue weighted by molar-refractivity contribution is 6.18. The number of fused-ring (bicyclic) bond motifs is 3. The number of H-pyrrole nitrogens is 1. The van der Waals surface area contributed by atoms with E-state index in [9.17, 15) is 4.79 Å². The Kier molecular flexibility index (Phi) is 4.33. The molecule has 0 saturated heterocycles. The van der Waals surface area contributed by atoms with Crippen molar-refractivity contribution in [3.05, 3.63) is 42.4 Å². The lowest BCUT2D eigenvalue weighted by atomic mass is 9.88. The molecule has 1 amide bonds. The molecular weight excluding hydrogens is 364 g/mol. The summed E-state index contributed by atoms with van der Waals surface area (Å²) >= 11 is 0. The van der Waals surface area contributed by atoms with Crippen LogP contribution >= 0.6 is 0 Å². The van der Waals surface area contributed by atoms with Crippen molar-refractivity contribution in [2.45, 2.75) is 33.7 Å². The van der Waals surface area contributed by atoms with E-state index in [2.05, 4.69) is 66.3 Å². The molecule has 1 aromatic carbocycles. The number of hydrogen-bond donors (Lipinski definition) is 3. The Morgan fingerprint density at radius 3 is 2.62 bits per heavy atom. The van der Waals surface area contributed by atoms with E-state index in [1.807, 2.05) is 19.4 Å². The first-order chi connectivity index (χ1) is 13.6. The Bertz CT molecular complexity index is 1230. The zero-order valence-electron chi connectivity index (χ0n) is 17.4. The van der Waals surface area contributed by atoms with E-state index in [0.717, 1.165) is 33.2 Å². The van der Waals surface area contributed by atoms with Crippen LogP contribution in [0.5, 0.6) is 0 Å². The lowest BCUT2D eigenvalue weighted by Gasteiger charge is -2.28. The number of nitrogens with zero attached hydrogens (tertiary/aromatic N) is 3. The second-order valence-electron chi connectivity index (χ2n) is 8.65. The van der Waals surface area contributed by atoms with Gasteiger partial charge in [-0.1, -0.05) is 32.9 Å². The summed E-state index contributed by atoms with van der Waals surface area (Å²) in [5.74, 6) is 0.241. The molecule has 0 saturated carbocycles. The molecule has 0 aliphatic rings. The quantitative estimate of drug-likeness (QED) is 0.489. The number of pyridine rings is 1. The number of aromatic nitrogens is 4. The molecule has 29 heavy (non-hydrogen) atoms. The average Bonchev–Trinajstić information content (AvgIpc) is 3.23. The summed E-state index contributed by atoms with van der Waals surface area (Å²) < 4.78 is 1.77. The van der Waals surface area contributed by atoms with Crippen LogP contribution in [0.4, 0.5) is 5.82 Å². The first-order valence-electron chi connectivity index (χ1n) is 9.65. The van der Waals surface area contributed by atoms with Gasteiger partial charge in [-0.25, -0.2) is 4.98 Å². The summed E-state index contributed by atoms with van der Waals surface area (Å²) in [4.78, 5) is 19.9. The first-order valence-corrected chi connectivity index (χ1v) is 9.65. The molecule has 0 aliphatic heterocycles. The number of benzene rings is 1. The second-order valence-corrected chi connectivity index (χ2v) is 8.65. The topological polar surface area (TPSA) is 102 Å². The van der Waals surface area contributed by atoms with Crippen LogP contribution in [0.25, 0.3) is 32.9 Å². The van der Waals surface area contributed by atoms with Crippen LogP contribution in [0.1, 0.15) is 38.1 Å². The third-order valence-corrected chi connectivity index (χ3v) is 5.58. The van der Waals surface area contributed by atoms with Crippen LogP contribution in [0.3, 0.4) is 0 Å². The Morgan fingerprint density at radius 1 is 1.24 bits per heavy atom. The van der Waals surface area contributed by atoms with Crippen molar-refractivity contribution in [3.63, 3.8) is 0 Å². The van der Waals surface area contributed by atoms with Crippen LogP contribution in [0, 0.1) is 5.41 Å². The molecule has 0 bridgehead atoms. The van der Waals surface area contributed by atoms with Gasteiger partial charge < -0.3 is 16.0 Å². The molecule has 4 N–H and O–H groups in total. The van der Waals surface area contributed by atoms with Crippen molar-refractivity contribution in [2.24, 2.45) is 18.2 Å². The Balaban J connectivity index is 1.93. The van der Waals surface area contributed by atoms with Gasteiger partial charge in [0.05, 0.1) is 22.7 Å². The van der Waals surface area contributed by atoms with Crippen molar-refractivity contribution in [1.29, 1.82) is 0 Å². The van der Waals surface area contributed by atoms with Gasteiger partial charge in [0.2, 0.25) is 0 Å². The fourth-order valence-electron chi connectivity index (χ4n) is 3.37. The SMILES string of the molecule is C[C@H](Nc1ncc(C(N)=O)c2[nH]c3cc(-c4cnn(C)c4)ccc3c12)C(C)(C)C. The van der Waals surface area contributed by atoms with E-state index in [-0.39, 0.29) is 11.5 Å². The molecule has 3 aromatic heterocycles. The number of aromatic amines is 1. The zero-order chi connectivity index (χ0) is 20.9. The van der Waals surface area contributed by atoms with E-state index in [0.29, 0.717) is 11.1 Å². The lowest BCUT2D eigenvalue weighted by Crippen LogP contribution is -2.31. The highest BCUT2D eigenvalue weighted by Crippen LogP contribution is 2.35. The van der Waals surface area contributed by atoms with Crippen molar-refractivity contribution >= 4 is 33.5 Å². The van der Waals surface area contributed by atoms with E-state index >= 15 is 0 Å². The lowest BCUT2D eigenvalue weighted by molar-refractivity contribution is 0.100. The predicted molar refractivity (Wildman–Crippen MR) is 117 cm³/mol. The van der Waals surface area contributed by atoms with Gasteiger partial charge in [-0.15, -0.1) is 0 Å². The standard InChI is InChI=1S/C22H26N6O/c1-12(22(2,3)4)26-21-18-15-7-6-13(14-9-25-28(5)11-14)8-17(15)27-19(18)16(10-24-21)20(23)29/h6-12,27H,1-5H3,(H2,23,29)(H,24,26)/t12-/m0/s1. The van der Waals surface area contributed by atoms with Crippen LogP contribution in [-0.4, -0.2) is 31.7 Å². The largest absolute Gasteiger partial charge is 0.367 e. The second kappa shape index (κ2) is 6.62. The highest BCUT2D eigenvalue weighted by Gasteiger charge is 2.23. The number of hydrogen-bond acceptors (Lipinski definition) is 4. The number of nitrogens with one attached hydrogen (secondary N) is 2. The molecule has 0 aliphatic carbocycles. The van der Waals surface area contributed by atoms with E-state index in [4.69, 9.17) is 5.73 Å². The van der Waals surface area contributed by atoms with Crippen LogP contribution in [0.2, 0.25) is 0 Å². The minimum atomic E-state index is -0.503. The summed E-state index contributed by atoms with van der Waals surface area (Å²) in [6.45, 7) is 8.66. The Morgan fingerprint density at radius 2 is 2.00 bits per heavy atom. The fourth-order valence-corrected chi connectivity index (χ4v) is 3.37. The minimum Gasteiger partial charge on any atom is -0.367 e. The number of rotatable bonds is 4. The molecule has 1 atom stereocenters. The Labute approximate surface area is 169 Å². The molecular formula is C22H26N6O. The molecule has 0 fully saturated rings. The van der Waals surface area contributed by atoms with Crippen molar-refractivity contribution in [1.82, 2.24) is 19.7 Å². The third kappa shape index (κ3) is 3.33. The van der Waals surface area contributed by atoms with Crippen molar-refractivity contribution in [3.8, 4) is 11.1 Å². The van der Waals surface area contributed by atoms with Gasteiger partial charge in [0.25, 0.3) is 5.91 Å². The van der Waals surface area contributed by atoms with Crippen LogP contribution < -0.4 is 11.1 Å². The highest BCUT2D eigenvalue weighted by atomic mass is 16.1. The van der Waals surface area contributed by atoms with Crippen LogP contribution in [-0.2, 0) is 7.05 Å². The normalized spacial score (nSPS) is 13.1. The van der Waals surface area contributed by atoms with Gasteiger partial charge in [-0.3, -0.25) is 9.48 Å². The smallest absolute Gasteiger partial charge is 0.252 e. The van der Waals surface area contributed by atoms with E-state index in [1.165, 1.54) is 0 Å². The zero-order valence-corrected chi connectivity index (χ0v) is 17.4. The van der Waals surface area contributed by atoms with Gasteiger partial charge in [-0.2, -0.15) is 5.10 Å². The summed E-state index contributed by atoms with van der Waals surface area (Å²) in [7, 11) is 1.89. The minimum absolute atomic E-state index is 0.0515. The summed E-state index contributed by atoms with van der Waals surface area (Å²) in [5.41, 5.74) is 9.75. The molecule has 7 heteroatoms. The molecule has 0 radical (unpaired) electrons. The van der Waals surface area contributed by atoms with E-state index in [1.54, 1.807) is 10.9 Å². The van der Waals surface area contributed by atoms with Gasteiger partial charge in [0.1, 0.15) is 5.82 Å². The predicted octanol–water partition coefficient (Wildman–Crippen LogP) is 4.06. The Hall–Kier alpha value is -3.35. The number of carbonyl (C=O) groups is 1. The maximum atomic E-state index is 12.0. The van der Waals surface area contributed by atoms with Gasteiger partial charge in [-0.05, 0) is 24.0 Å². The number of aryl methyl sites for hydroxylation is 1. The van der Waals surface area contributed by atoms with Crippen molar-refractivity contribution in [2.75, 3.05) is 5.32 Å². The third-order valence-electron chi connectivity index (χ3n) is 5.58. The summed E-state index contributed by atoms with van der Waals surface area (Å²) in [6.07, 6.45) is 5.34. The fraction of sp³-hybridized carbons (Fsp3) is 0.318. The number of amides is 1. The molecule has 150 valence electrons. The van der Waals surface area contributed by atoms with Gasteiger partial charge in [0.15, 0.2) is 0 Å². The van der Waals surface area contributed by atoms with Crippen LogP contribution in [0.15, 0.2) is 36.8 Å².